The van der Waals surface area contributed by atoms with Crippen molar-refractivity contribution in [1.29, 1.82) is 0 Å². The van der Waals surface area contributed by atoms with E-state index in [0.29, 0.717) is 18.1 Å². The Kier molecular flexibility index (Phi) is 10.9. The van der Waals surface area contributed by atoms with Crippen LogP contribution in [0.15, 0.2) is 48.5 Å². The Bertz CT molecular complexity index is 850. The molecule has 0 amide bonds. The molecular formula is C27H40ClNO3. The molecular weight excluding hydrogens is 422 g/mol. The van der Waals surface area contributed by atoms with E-state index in [1.54, 1.807) is 12.1 Å². The quantitative estimate of drug-likeness (QED) is 0.358. The molecule has 0 unspecified atom stereocenters. The van der Waals surface area contributed by atoms with Crippen LogP contribution in [0.3, 0.4) is 0 Å². The van der Waals surface area contributed by atoms with Gasteiger partial charge in [-0.15, -0.1) is 12.4 Å². The number of hydrogen-bond donors (Lipinski definition) is 1. The van der Waals surface area contributed by atoms with Gasteiger partial charge < -0.3 is 14.7 Å². The van der Waals surface area contributed by atoms with Gasteiger partial charge in [-0.1, -0.05) is 64.1 Å². The Labute approximate surface area is 200 Å². The SMILES string of the molecule is CC[C@](O)(c1cccc(OC(=O)[C@H](C)c2ccc(CC(C)C)cc2)c1)[C@H](C)CN(C)C.Cl. The first-order valence-electron chi connectivity index (χ1n) is 11.3. The van der Waals surface area contributed by atoms with Crippen LogP contribution in [-0.4, -0.2) is 36.6 Å². The van der Waals surface area contributed by atoms with Crippen LogP contribution in [0, 0.1) is 11.8 Å². The molecule has 2 rings (SSSR count). The van der Waals surface area contributed by atoms with E-state index in [4.69, 9.17) is 4.74 Å². The lowest BCUT2D eigenvalue weighted by atomic mass is 9.80. The molecule has 5 heteroatoms. The van der Waals surface area contributed by atoms with E-state index in [1.807, 2.05) is 59.1 Å². The summed E-state index contributed by atoms with van der Waals surface area (Å²) in [6, 6.07) is 15.5. The summed E-state index contributed by atoms with van der Waals surface area (Å²) in [6.07, 6.45) is 1.61. The molecule has 0 aliphatic rings. The number of esters is 1. The van der Waals surface area contributed by atoms with Crippen molar-refractivity contribution in [3.05, 3.63) is 65.2 Å². The van der Waals surface area contributed by atoms with Gasteiger partial charge in [0, 0.05) is 12.5 Å². The molecule has 0 spiro atoms. The maximum absolute atomic E-state index is 12.8. The van der Waals surface area contributed by atoms with Crippen LogP contribution in [0.1, 0.15) is 63.6 Å². The van der Waals surface area contributed by atoms with Gasteiger partial charge in [0.05, 0.1) is 11.5 Å². The van der Waals surface area contributed by atoms with Gasteiger partial charge in [-0.2, -0.15) is 0 Å². The van der Waals surface area contributed by atoms with Crippen LogP contribution in [0.25, 0.3) is 0 Å². The summed E-state index contributed by atoms with van der Waals surface area (Å²) in [4.78, 5) is 14.9. The number of rotatable bonds is 10. The molecule has 0 aliphatic carbocycles. The molecule has 0 bridgehead atoms. The molecule has 0 heterocycles. The van der Waals surface area contributed by atoms with E-state index < -0.39 is 5.60 Å². The van der Waals surface area contributed by atoms with E-state index in [1.165, 1.54) is 5.56 Å². The normalized spacial score (nSPS) is 15.1. The van der Waals surface area contributed by atoms with Crippen LogP contribution >= 0.6 is 12.4 Å². The zero-order valence-electron chi connectivity index (χ0n) is 20.6. The Morgan fingerprint density at radius 2 is 1.69 bits per heavy atom. The number of aliphatic hydroxyl groups is 1. The molecule has 0 aromatic heterocycles. The monoisotopic (exact) mass is 461 g/mol. The van der Waals surface area contributed by atoms with E-state index in [-0.39, 0.29) is 30.2 Å². The largest absolute Gasteiger partial charge is 0.426 e. The first-order valence-corrected chi connectivity index (χ1v) is 11.3. The summed E-state index contributed by atoms with van der Waals surface area (Å²) in [6.45, 7) is 11.1. The zero-order valence-corrected chi connectivity index (χ0v) is 21.4. The lowest BCUT2D eigenvalue weighted by Crippen LogP contribution is -2.38. The predicted octanol–water partition coefficient (Wildman–Crippen LogP) is 5.81. The standard InChI is InChI=1S/C27H39NO3.ClH/c1-8-27(30,20(4)18-28(6)7)24-10-9-11-25(17-24)31-26(29)21(5)23-14-12-22(13-15-23)16-19(2)3;/h9-15,17,19-21,30H,8,16,18H2,1-7H3;1H/t20-,21-,27-;/m1./s1. The first kappa shape index (κ1) is 28.2. The molecule has 2 aromatic rings. The fraction of sp³-hybridized carbons (Fsp3) is 0.519. The molecule has 0 saturated carbocycles. The number of carbonyl (C=O) groups is 1. The Morgan fingerprint density at radius 3 is 2.22 bits per heavy atom. The van der Waals surface area contributed by atoms with Crippen molar-refractivity contribution in [2.75, 3.05) is 20.6 Å². The van der Waals surface area contributed by atoms with Gasteiger partial charge in [0.15, 0.2) is 0 Å². The molecule has 0 saturated heterocycles. The lowest BCUT2D eigenvalue weighted by molar-refractivity contribution is -0.135. The molecule has 178 valence electrons. The van der Waals surface area contributed by atoms with Gasteiger partial charge in [0.2, 0.25) is 0 Å². The number of halogens is 1. The zero-order chi connectivity index (χ0) is 23.2. The number of ether oxygens (including phenoxy) is 1. The summed E-state index contributed by atoms with van der Waals surface area (Å²) in [5, 5.41) is 11.4. The molecule has 32 heavy (non-hydrogen) atoms. The topological polar surface area (TPSA) is 49.8 Å². The van der Waals surface area contributed by atoms with Crippen molar-refractivity contribution in [1.82, 2.24) is 4.90 Å². The van der Waals surface area contributed by atoms with E-state index in [2.05, 4.69) is 30.9 Å². The van der Waals surface area contributed by atoms with Gasteiger partial charge >= 0.3 is 5.97 Å². The van der Waals surface area contributed by atoms with Crippen LogP contribution in [-0.2, 0) is 16.8 Å². The maximum atomic E-state index is 12.8. The highest BCUT2D eigenvalue weighted by Gasteiger charge is 2.34. The van der Waals surface area contributed by atoms with Gasteiger partial charge in [0.1, 0.15) is 5.75 Å². The average Bonchev–Trinajstić information content (AvgIpc) is 2.72. The minimum atomic E-state index is -0.982. The molecule has 0 radical (unpaired) electrons. The van der Waals surface area contributed by atoms with Crippen molar-refractivity contribution in [2.24, 2.45) is 11.8 Å². The number of nitrogens with zero attached hydrogens (tertiary/aromatic N) is 1. The molecule has 2 aromatic carbocycles. The van der Waals surface area contributed by atoms with Crippen molar-refractivity contribution >= 4 is 18.4 Å². The maximum Gasteiger partial charge on any atom is 0.318 e. The van der Waals surface area contributed by atoms with Crippen LogP contribution in [0.5, 0.6) is 5.75 Å². The second-order valence-electron chi connectivity index (χ2n) is 9.45. The number of hydrogen-bond acceptors (Lipinski definition) is 4. The molecule has 1 N–H and O–H groups in total. The third-order valence-corrected chi connectivity index (χ3v) is 6.02. The van der Waals surface area contributed by atoms with Crippen molar-refractivity contribution in [3.8, 4) is 5.75 Å². The summed E-state index contributed by atoms with van der Waals surface area (Å²) in [7, 11) is 4.00. The highest BCUT2D eigenvalue weighted by molar-refractivity contribution is 5.85. The van der Waals surface area contributed by atoms with Crippen molar-refractivity contribution < 1.29 is 14.6 Å². The summed E-state index contributed by atoms with van der Waals surface area (Å²) in [5.74, 6) is 0.434. The molecule has 0 aliphatic heterocycles. The molecule has 3 atom stereocenters. The van der Waals surface area contributed by atoms with Gasteiger partial charge in [0.25, 0.3) is 0 Å². The highest BCUT2D eigenvalue weighted by atomic mass is 35.5. The smallest absolute Gasteiger partial charge is 0.318 e. The average molecular weight is 462 g/mol. The van der Waals surface area contributed by atoms with Gasteiger partial charge in [-0.05, 0) is 68.6 Å². The first-order chi connectivity index (χ1) is 14.6. The van der Waals surface area contributed by atoms with Crippen LogP contribution in [0.2, 0.25) is 0 Å². The second-order valence-corrected chi connectivity index (χ2v) is 9.45. The fourth-order valence-electron chi connectivity index (χ4n) is 4.12. The lowest BCUT2D eigenvalue weighted by Gasteiger charge is -2.35. The van der Waals surface area contributed by atoms with Crippen molar-refractivity contribution in [3.63, 3.8) is 0 Å². The Morgan fingerprint density at radius 1 is 1.06 bits per heavy atom. The van der Waals surface area contributed by atoms with Gasteiger partial charge in [-0.25, -0.2) is 0 Å². The van der Waals surface area contributed by atoms with Crippen LogP contribution in [0.4, 0.5) is 0 Å². The Hall–Kier alpha value is -1.88. The van der Waals surface area contributed by atoms with E-state index in [0.717, 1.165) is 24.1 Å². The summed E-state index contributed by atoms with van der Waals surface area (Å²) in [5.41, 5.74) is 2.02. The number of carbonyl (C=O) groups excluding carboxylic acids is 1. The summed E-state index contributed by atoms with van der Waals surface area (Å²) < 4.78 is 5.71. The molecule has 0 fully saturated rings. The Balaban J connectivity index is 0.00000512. The third-order valence-electron chi connectivity index (χ3n) is 6.02. The van der Waals surface area contributed by atoms with Crippen molar-refractivity contribution in [2.45, 2.75) is 59.0 Å². The van der Waals surface area contributed by atoms with Crippen LogP contribution < -0.4 is 4.74 Å². The van der Waals surface area contributed by atoms with Gasteiger partial charge in [-0.3, -0.25) is 4.79 Å². The predicted molar refractivity (Wildman–Crippen MR) is 135 cm³/mol. The highest BCUT2D eigenvalue weighted by Crippen LogP contribution is 2.35. The summed E-state index contributed by atoms with van der Waals surface area (Å²) >= 11 is 0. The molecule has 4 nitrogen and oxygen atoms in total. The third kappa shape index (κ3) is 7.33. The van der Waals surface area contributed by atoms with E-state index in [9.17, 15) is 9.90 Å². The number of benzene rings is 2. The minimum Gasteiger partial charge on any atom is -0.426 e. The van der Waals surface area contributed by atoms with E-state index >= 15 is 0 Å². The minimum absolute atomic E-state index is 0. The second kappa shape index (κ2) is 12.4. The fourth-order valence-corrected chi connectivity index (χ4v) is 4.12.